The molecule has 64 valence electrons. The van der Waals surface area contributed by atoms with Crippen molar-refractivity contribution in [2.75, 3.05) is 0 Å². The van der Waals surface area contributed by atoms with Gasteiger partial charge in [0.1, 0.15) is 0 Å². The molecule has 0 aromatic rings. The molecule has 0 aliphatic carbocycles. The van der Waals surface area contributed by atoms with E-state index in [9.17, 15) is 0 Å². The molecule has 1 aliphatic rings. The summed E-state index contributed by atoms with van der Waals surface area (Å²) in [7, 11) is 0. The zero-order chi connectivity index (χ0) is 8.27. The molecule has 0 bridgehead atoms. The fourth-order valence-corrected chi connectivity index (χ4v) is 1.60. The maximum atomic E-state index is 4.69. The van der Waals surface area contributed by atoms with Gasteiger partial charge in [0.25, 0.3) is 0 Å². The van der Waals surface area contributed by atoms with Crippen molar-refractivity contribution in [1.29, 1.82) is 0 Å². The van der Waals surface area contributed by atoms with E-state index in [1.54, 1.807) is 0 Å². The van der Waals surface area contributed by atoms with Gasteiger partial charge in [0.15, 0.2) is 0 Å². The molecule has 0 spiro atoms. The molecule has 1 rings (SSSR count). The highest BCUT2D eigenvalue weighted by atomic mass is 14.8. The summed E-state index contributed by atoms with van der Waals surface area (Å²) in [6.45, 7) is 6.72. The van der Waals surface area contributed by atoms with E-state index in [1.807, 2.05) is 0 Å². The third-order valence-electron chi connectivity index (χ3n) is 2.36. The van der Waals surface area contributed by atoms with Gasteiger partial charge in [-0.2, -0.15) is 0 Å². The summed E-state index contributed by atoms with van der Waals surface area (Å²) in [5, 5.41) is 0. The van der Waals surface area contributed by atoms with Crippen LogP contribution in [0.1, 0.15) is 46.5 Å². The van der Waals surface area contributed by atoms with E-state index in [4.69, 9.17) is 4.99 Å². The van der Waals surface area contributed by atoms with Crippen molar-refractivity contribution < 1.29 is 0 Å². The normalized spacial score (nSPS) is 26.5. The van der Waals surface area contributed by atoms with Crippen LogP contribution in [0.15, 0.2) is 4.99 Å². The van der Waals surface area contributed by atoms with E-state index in [0.717, 1.165) is 0 Å². The van der Waals surface area contributed by atoms with Crippen LogP contribution in [0.4, 0.5) is 0 Å². The van der Waals surface area contributed by atoms with Crippen molar-refractivity contribution in [3.63, 3.8) is 0 Å². The molecular formula is C10H19N. The van der Waals surface area contributed by atoms with Crippen molar-refractivity contribution in [2.24, 2.45) is 10.9 Å². The van der Waals surface area contributed by atoms with Gasteiger partial charge in [0, 0.05) is 11.8 Å². The highest BCUT2D eigenvalue weighted by molar-refractivity contribution is 5.86. The largest absolute Gasteiger partial charge is 0.291 e. The Bertz CT molecular complexity index is 147. The number of hydrogen-bond donors (Lipinski definition) is 0. The van der Waals surface area contributed by atoms with Crippen LogP contribution in [-0.2, 0) is 0 Å². The molecule has 0 amide bonds. The lowest BCUT2D eigenvalue weighted by Gasteiger charge is -2.08. The first-order valence-corrected chi connectivity index (χ1v) is 4.76. The van der Waals surface area contributed by atoms with Crippen LogP contribution in [0.2, 0.25) is 0 Å². The van der Waals surface area contributed by atoms with E-state index in [-0.39, 0.29) is 0 Å². The number of hydrogen-bond acceptors (Lipinski definition) is 1. The highest BCUT2D eigenvalue weighted by Crippen LogP contribution is 2.16. The molecule has 0 aromatic heterocycles. The van der Waals surface area contributed by atoms with Crippen LogP contribution in [0, 0.1) is 5.92 Å². The minimum atomic E-state index is 0.579. The van der Waals surface area contributed by atoms with E-state index in [0.29, 0.717) is 12.0 Å². The van der Waals surface area contributed by atoms with Crippen LogP contribution in [0.25, 0.3) is 0 Å². The second kappa shape index (κ2) is 3.89. The van der Waals surface area contributed by atoms with Crippen molar-refractivity contribution >= 4 is 5.71 Å². The van der Waals surface area contributed by atoms with Gasteiger partial charge in [-0.3, -0.25) is 4.99 Å². The van der Waals surface area contributed by atoms with Gasteiger partial charge < -0.3 is 0 Å². The third kappa shape index (κ3) is 2.64. The van der Waals surface area contributed by atoms with E-state index in [2.05, 4.69) is 20.8 Å². The molecule has 1 heteroatoms. The molecule has 0 saturated heterocycles. The first-order chi connectivity index (χ1) is 5.20. The molecule has 0 fully saturated rings. The minimum absolute atomic E-state index is 0.579. The van der Waals surface area contributed by atoms with Gasteiger partial charge in [-0.25, -0.2) is 0 Å². The van der Waals surface area contributed by atoms with Crippen molar-refractivity contribution in [3.8, 4) is 0 Å². The van der Waals surface area contributed by atoms with Gasteiger partial charge in [-0.15, -0.1) is 0 Å². The van der Waals surface area contributed by atoms with Crippen molar-refractivity contribution in [1.82, 2.24) is 0 Å². The van der Waals surface area contributed by atoms with Crippen molar-refractivity contribution in [2.45, 2.75) is 52.5 Å². The van der Waals surface area contributed by atoms with E-state index in [1.165, 1.54) is 31.4 Å². The molecule has 1 aliphatic heterocycles. The number of rotatable bonds is 1. The first-order valence-electron chi connectivity index (χ1n) is 4.76. The summed E-state index contributed by atoms with van der Waals surface area (Å²) >= 11 is 0. The molecular weight excluding hydrogens is 134 g/mol. The molecule has 0 N–H and O–H groups in total. The Morgan fingerprint density at radius 2 is 2.09 bits per heavy atom. The highest BCUT2D eigenvalue weighted by Gasteiger charge is 2.11. The molecule has 1 heterocycles. The van der Waals surface area contributed by atoms with Crippen LogP contribution in [-0.4, -0.2) is 11.8 Å². The van der Waals surface area contributed by atoms with Crippen LogP contribution < -0.4 is 0 Å². The Balaban J connectivity index is 2.59. The van der Waals surface area contributed by atoms with Gasteiger partial charge in [0.2, 0.25) is 0 Å². The van der Waals surface area contributed by atoms with Gasteiger partial charge in [-0.1, -0.05) is 20.3 Å². The van der Waals surface area contributed by atoms with E-state index < -0.39 is 0 Å². The zero-order valence-electron chi connectivity index (χ0n) is 7.93. The summed E-state index contributed by atoms with van der Waals surface area (Å²) in [6.07, 6.45) is 5.24. The number of aliphatic imine (C=N–C) groups is 1. The van der Waals surface area contributed by atoms with Gasteiger partial charge in [0.05, 0.1) is 0 Å². The molecule has 0 aromatic carbocycles. The Labute approximate surface area is 69.9 Å². The topological polar surface area (TPSA) is 12.4 Å². The fraction of sp³-hybridized carbons (Fsp3) is 0.900. The lowest BCUT2D eigenvalue weighted by molar-refractivity contribution is 0.630. The molecule has 0 radical (unpaired) electrons. The summed E-state index contributed by atoms with van der Waals surface area (Å²) in [5.41, 5.74) is 1.44. The molecule has 1 nitrogen and oxygen atoms in total. The molecule has 11 heavy (non-hydrogen) atoms. The lowest BCUT2D eigenvalue weighted by Crippen LogP contribution is -2.08. The Hall–Kier alpha value is -0.330. The summed E-state index contributed by atoms with van der Waals surface area (Å²) in [5.74, 6) is 0.663. The fourth-order valence-electron chi connectivity index (χ4n) is 1.60. The quantitative estimate of drug-likeness (QED) is 0.549. The van der Waals surface area contributed by atoms with Crippen molar-refractivity contribution in [3.05, 3.63) is 0 Å². The Morgan fingerprint density at radius 1 is 1.36 bits per heavy atom. The van der Waals surface area contributed by atoms with Crippen LogP contribution in [0.5, 0.6) is 0 Å². The minimum Gasteiger partial charge on any atom is -0.291 e. The maximum Gasteiger partial charge on any atom is 0.0470 e. The summed E-state index contributed by atoms with van der Waals surface area (Å²) in [6, 6.07) is 0.579. The second-order valence-corrected chi connectivity index (χ2v) is 3.87. The monoisotopic (exact) mass is 153 g/mol. The molecule has 1 atom stereocenters. The average Bonchev–Trinajstić information content (AvgIpc) is 2.13. The Kier molecular flexibility index (Phi) is 3.10. The Morgan fingerprint density at radius 3 is 2.73 bits per heavy atom. The molecule has 1 unspecified atom stereocenters. The number of nitrogens with zero attached hydrogens (tertiary/aromatic N) is 1. The summed E-state index contributed by atoms with van der Waals surface area (Å²) in [4.78, 5) is 4.69. The van der Waals surface area contributed by atoms with Crippen LogP contribution >= 0.6 is 0 Å². The predicted molar refractivity (Wildman–Crippen MR) is 50.2 cm³/mol. The van der Waals surface area contributed by atoms with Gasteiger partial charge >= 0.3 is 0 Å². The lowest BCUT2D eigenvalue weighted by atomic mass is 10.0. The standard InChI is InChI=1S/C10H19N/c1-8(2)10-7-5-4-6-9(3)11-10/h8-9H,4-7H2,1-3H3. The second-order valence-electron chi connectivity index (χ2n) is 3.87. The van der Waals surface area contributed by atoms with Gasteiger partial charge in [-0.05, 0) is 32.1 Å². The van der Waals surface area contributed by atoms with Crippen LogP contribution in [0.3, 0.4) is 0 Å². The SMILES string of the molecule is CC1CCCCC(C(C)C)=N1. The third-order valence-corrected chi connectivity index (χ3v) is 2.36. The first kappa shape index (κ1) is 8.76. The average molecular weight is 153 g/mol. The zero-order valence-corrected chi connectivity index (χ0v) is 7.93. The maximum absolute atomic E-state index is 4.69. The molecule has 0 saturated carbocycles. The smallest absolute Gasteiger partial charge is 0.0470 e. The predicted octanol–water partition coefficient (Wildman–Crippen LogP) is 3.05. The van der Waals surface area contributed by atoms with E-state index >= 15 is 0 Å². The summed E-state index contributed by atoms with van der Waals surface area (Å²) < 4.78 is 0.